The molecule has 0 bridgehead atoms. The summed E-state index contributed by atoms with van der Waals surface area (Å²) in [5, 5.41) is 6.15. The summed E-state index contributed by atoms with van der Waals surface area (Å²) in [6.07, 6.45) is 3.17. The number of hydrogen-bond donors (Lipinski definition) is 2. The number of hydrogen-bond acceptors (Lipinski definition) is 4. The number of carbonyl (C=O) groups excluding carboxylic acids is 3. The van der Waals surface area contributed by atoms with Gasteiger partial charge in [-0.2, -0.15) is 0 Å². The van der Waals surface area contributed by atoms with Gasteiger partial charge in [-0.3, -0.25) is 14.5 Å². The largest absolute Gasteiger partial charge is 0.336 e. The monoisotopic (exact) mass is 364 g/mol. The lowest BCUT2D eigenvalue weighted by molar-refractivity contribution is -0.141. The molecule has 2 N–H and O–H groups in total. The highest BCUT2D eigenvalue weighted by atomic mass is 16.2. The van der Waals surface area contributed by atoms with Crippen LogP contribution in [0.2, 0.25) is 0 Å². The molecular formula is C19H32N4O3. The van der Waals surface area contributed by atoms with E-state index in [1.165, 1.54) is 0 Å². The molecular weight excluding hydrogens is 332 g/mol. The van der Waals surface area contributed by atoms with Crippen LogP contribution in [0.3, 0.4) is 0 Å². The summed E-state index contributed by atoms with van der Waals surface area (Å²) in [6.45, 7) is 10.6. The Labute approximate surface area is 155 Å². The Hall–Kier alpha value is -1.63. The number of nitrogens with zero attached hydrogens (tertiary/aromatic N) is 2. The Morgan fingerprint density at radius 2 is 1.88 bits per heavy atom. The zero-order valence-corrected chi connectivity index (χ0v) is 16.4. The highest BCUT2D eigenvalue weighted by Gasteiger charge is 2.53. The van der Waals surface area contributed by atoms with Gasteiger partial charge in [-0.05, 0) is 43.9 Å². The van der Waals surface area contributed by atoms with E-state index >= 15 is 0 Å². The molecule has 1 aliphatic carbocycles. The second-order valence-corrected chi connectivity index (χ2v) is 9.18. The van der Waals surface area contributed by atoms with Crippen LogP contribution in [0.1, 0.15) is 53.4 Å². The molecule has 3 rings (SSSR count). The van der Waals surface area contributed by atoms with Crippen LogP contribution in [-0.4, -0.2) is 65.4 Å². The molecule has 1 saturated carbocycles. The number of amides is 4. The van der Waals surface area contributed by atoms with Gasteiger partial charge < -0.3 is 15.5 Å². The molecule has 0 unspecified atom stereocenters. The van der Waals surface area contributed by atoms with Crippen LogP contribution in [0.15, 0.2) is 0 Å². The zero-order valence-electron chi connectivity index (χ0n) is 16.4. The lowest BCUT2D eigenvalue weighted by Gasteiger charge is -2.40. The first-order chi connectivity index (χ1) is 12.1. The average Bonchev–Trinajstić information content (AvgIpc) is 2.79. The second kappa shape index (κ2) is 6.83. The van der Waals surface area contributed by atoms with Gasteiger partial charge in [0, 0.05) is 25.7 Å². The highest BCUT2D eigenvalue weighted by molar-refractivity contribution is 6.09. The van der Waals surface area contributed by atoms with Crippen LogP contribution in [0.5, 0.6) is 0 Å². The molecule has 0 radical (unpaired) electrons. The minimum atomic E-state index is -0.797. The van der Waals surface area contributed by atoms with Gasteiger partial charge in [0.1, 0.15) is 12.1 Å². The molecule has 146 valence electrons. The fraction of sp³-hybridized carbons (Fsp3) is 0.842. The summed E-state index contributed by atoms with van der Waals surface area (Å²) >= 11 is 0. The van der Waals surface area contributed by atoms with Gasteiger partial charge in [-0.1, -0.05) is 20.8 Å². The highest BCUT2D eigenvalue weighted by Crippen LogP contribution is 2.43. The Morgan fingerprint density at radius 3 is 2.46 bits per heavy atom. The van der Waals surface area contributed by atoms with Crippen LogP contribution in [0, 0.1) is 11.3 Å². The first kappa shape index (κ1) is 19.1. The molecule has 2 heterocycles. The first-order valence-electron chi connectivity index (χ1n) is 9.78. The summed E-state index contributed by atoms with van der Waals surface area (Å²) in [7, 11) is 0. The van der Waals surface area contributed by atoms with E-state index in [0.29, 0.717) is 25.3 Å². The predicted octanol–water partition coefficient (Wildman–Crippen LogP) is 1.33. The van der Waals surface area contributed by atoms with Gasteiger partial charge in [0.2, 0.25) is 5.91 Å². The van der Waals surface area contributed by atoms with E-state index in [0.717, 1.165) is 30.8 Å². The third-order valence-corrected chi connectivity index (χ3v) is 6.42. The number of carbonyl (C=O) groups is 3. The smallest absolute Gasteiger partial charge is 0.325 e. The summed E-state index contributed by atoms with van der Waals surface area (Å²) in [4.78, 5) is 41.0. The van der Waals surface area contributed by atoms with Crippen molar-refractivity contribution in [3.63, 3.8) is 0 Å². The summed E-state index contributed by atoms with van der Waals surface area (Å²) in [6, 6.07) is -0.339. The van der Waals surface area contributed by atoms with Crippen molar-refractivity contribution < 1.29 is 14.4 Å². The standard InChI is InChI=1S/C19H32N4O3/c1-13-11-20-9-10-22(13)15(24)12-23-16(25)19(21-17(23)26)7-5-14(6-8-19)18(2,3)4/h13-14,20H,5-12H2,1-4H3,(H,21,26)/t13-,14?,19?/m1/s1. The average molecular weight is 364 g/mol. The summed E-state index contributed by atoms with van der Waals surface area (Å²) < 4.78 is 0. The van der Waals surface area contributed by atoms with Crippen LogP contribution in [-0.2, 0) is 9.59 Å². The van der Waals surface area contributed by atoms with Crippen LogP contribution in [0.4, 0.5) is 4.79 Å². The SMILES string of the molecule is C[C@@H]1CNCCN1C(=O)CN1C(=O)NC2(CCC(C(C)(C)C)CC2)C1=O. The topological polar surface area (TPSA) is 81.8 Å². The van der Waals surface area contributed by atoms with Crippen molar-refractivity contribution in [3.8, 4) is 0 Å². The molecule has 1 atom stereocenters. The van der Waals surface area contributed by atoms with Crippen molar-refractivity contribution in [1.29, 1.82) is 0 Å². The fourth-order valence-corrected chi connectivity index (χ4v) is 4.57. The minimum Gasteiger partial charge on any atom is -0.336 e. The van der Waals surface area contributed by atoms with E-state index < -0.39 is 11.6 Å². The Morgan fingerprint density at radius 1 is 1.23 bits per heavy atom. The fourth-order valence-electron chi connectivity index (χ4n) is 4.57. The van der Waals surface area contributed by atoms with Crippen molar-refractivity contribution in [2.45, 2.75) is 65.0 Å². The van der Waals surface area contributed by atoms with E-state index in [1.807, 2.05) is 6.92 Å². The van der Waals surface area contributed by atoms with Gasteiger partial charge in [-0.15, -0.1) is 0 Å². The van der Waals surface area contributed by atoms with Gasteiger partial charge >= 0.3 is 6.03 Å². The van der Waals surface area contributed by atoms with Crippen LogP contribution < -0.4 is 10.6 Å². The normalized spacial score (nSPS) is 32.9. The predicted molar refractivity (Wildman–Crippen MR) is 98.4 cm³/mol. The van der Waals surface area contributed by atoms with Crippen molar-refractivity contribution in [3.05, 3.63) is 0 Å². The first-order valence-corrected chi connectivity index (χ1v) is 9.78. The molecule has 26 heavy (non-hydrogen) atoms. The van der Waals surface area contributed by atoms with Crippen molar-refractivity contribution >= 4 is 17.8 Å². The number of rotatable bonds is 2. The molecule has 3 fully saturated rings. The van der Waals surface area contributed by atoms with Crippen LogP contribution in [0.25, 0.3) is 0 Å². The zero-order chi connectivity index (χ0) is 19.1. The number of imide groups is 1. The molecule has 4 amide bonds. The molecule has 2 saturated heterocycles. The maximum absolute atomic E-state index is 13.0. The van der Waals surface area contributed by atoms with Crippen molar-refractivity contribution in [2.75, 3.05) is 26.2 Å². The molecule has 0 aromatic rings. The second-order valence-electron chi connectivity index (χ2n) is 9.18. The van der Waals surface area contributed by atoms with Crippen LogP contribution >= 0.6 is 0 Å². The third-order valence-electron chi connectivity index (χ3n) is 6.42. The molecule has 0 aromatic carbocycles. The van der Waals surface area contributed by atoms with E-state index in [4.69, 9.17) is 0 Å². The number of urea groups is 1. The molecule has 3 aliphatic rings. The summed E-state index contributed by atoms with van der Waals surface area (Å²) in [5.74, 6) is 0.184. The van der Waals surface area contributed by atoms with E-state index in [-0.39, 0.29) is 29.8 Å². The van der Waals surface area contributed by atoms with Crippen molar-refractivity contribution in [2.24, 2.45) is 11.3 Å². The molecule has 7 nitrogen and oxygen atoms in total. The number of nitrogens with one attached hydrogen (secondary N) is 2. The maximum atomic E-state index is 13.0. The Bertz CT molecular complexity index is 590. The molecule has 7 heteroatoms. The van der Waals surface area contributed by atoms with E-state index in [9.17, 15) is 14.4 Å². The third kappa shape index (κ3) is 3.46. The van der Waals surface area contributed by atoms with Gasteiger partial charge in [0.05, 0.1) is 0 Å². The number of piperazine rings is 1. The molecule has 2 aliphatic heterocycles. The molecule has 0 aromatic heterocycles. The minimum absolute atomic E-state index is 0.0770. The quantitative estimate of drug-likeness (QED) is 0.725. The Kier molecular flexibility index (Phi) is 5.03. The lowest BCUT2D eigenvalue weighted by Crippen LogP contribution is -2.55. The van der Waals surface area contributed by atoms with Gasteiger partial charge in [0.25, 0.3) is 5.91 Å². The van der Waals surface area contributed by atoms with Gasteiger partial charge in [-0.25, -0.2) is 4.79 Å². The lowest BCUT2D eigenvalue weighted by atomic mass is 9.67. The van der Waals surface area contributed by atoms with E-state index in [1.54, 1.807) is 4.90 Å². The summed E-state index contributed by atoms with van der Waals surface area (Å²) in [5.41, 5.74) is -0.588. The Balaban J connectivity index is 1.65. The molecule has 1 spiro atoms. The van der Waals surface area contributed by atoms with Crippen molar-refractivity contribution in [1.82, 2.24) is 20.4 Å². The van der Waals surface area contributed by atoms with Gasteiger partial charge in [0.15, 0.2) is 0 Å². The maximum Gasteiger partial charge on any atom is 0.325 e. The van der Waals surface area contributed by atoms with E-state index in [2.05, 4.69) is 31.4 Å².